The van der Waals surface area contributed by atoms with Crippen molar-refractivity contribution in [1.82, 2.24) is 25.1 Å². The SMILES string of the molecule is O=C(C1CCCc2[nH]ncc21)N(Cc1ccncc1)Cc1cccnc1. The van der Waals surface area contributed by atoms with E-state index in [2.05, 4.69) is 20.2 Å². The minimum atomic E-state index is -0.129. The minimum Gasteiger partial charge on any atom is -0.333 e. The van der Waals surface area contributed by atoms with Crippen molar-refractivity contribution in [3.63, 3.8) is 0 Å². The van der Waals surface area contributed by atoms with Crippen LogP contribution in [0.3, 0.4) is 0 Å². The zero-order valence-electron chi connectivity index (χ0n) is 14.5. The van der Waals surface area contributed by atoms with Gasteiger partial charge in [0, 0.05) is 49.1 Å². The summed E-state index contributed by atoms with van der Waals surface area (Å²) in [6, 6.07) is 7.81. The molecule has 132 valence electrons. The summed E-state index contributed by atoms with van der Waals surface area (Å²) in [5, 5.41) is 7.19. The van der Waals surface area contributed by atoms with Crippen LogP contribution in [0, 0.1) is 0 Å². The van der Waals surface area contributed by atoms with Crippen LogP contribution in [0.5, 0.6) is 0 Å². The van der Waals surface area contributed by atoms with E-state index in [1.807, 2.05) is 41.6 Å². The first kappa shape index (κ1) is 16.4. The monoisotopic (exact) mass is 347 g/mol. The second kappa shape index (κ2) is 7.47. The maximum Gasteiger partial charge on any atom is 0.230 e. The van der Waals surface area contributed by atoms with E-state index in [9.17, 15) is 4.79 Å². The third-order valence-corrected chi connectivity index (χ3v) is 4.88. The van der Waals surface area contributed by atoms with E-state index in [1.165, 1.54) is 0 Å². The van der Waals surface area contributed by atoms with Gasteiger partial charge in [-0.05, 0) is 48.6 Å². The van der Waals surface area contributed by atoms with Crippen molar-refractivity contribution in [2.45, 2.75) is 38.3 Å². The number of carbonyl (C=O) groups excluding carboxylic acids is 1. The van der Waals surface area contributed by atoms with Gasteiger partial charge in [0.05, 0.1) is 12.1 Å². The fourth-order valence-corrected chi connectivity index (χ4v) is 3.57. The second-order valence-corrected chi connectivity index (χ2v) is 6.66. The normalized spacial score (nSPS) is 16.1. The Balaban J connectivity index is 1.61. The number of hydrogen-bond donors (Lipinski definition) is 1. The minimum absolute atomic E-state index is 0.129. The van der Waals surface area contributed by atoms with Crippen LogP contribution in [0.4, 0.5) is 0 Å². The van der Waals surface area contributed by atoms with Crippen LogP contribution in [-0.2, 0) is 24.3 Å². The Hall–Kier alpha value is -3.02. The number of carbonyl (C=O) groups is 1. The molecule has 0 fully saturated rings. The molecular weight excluding hydrogens is 326 g/mol. The lowest BCUT2D eigenvalue weighted by Crippen LogP contribution is -2.35. The highest BCUT2D eigenvalue weighted by Gasteiger charge is 2.31. The average molecular weight is 347 g/mol. The Morgan fingerprint density at radius 2 is 1.92 bits per heavy atom. The van der Waals surface area contributed by atoms with E-state index in [-0.39, 0.29) is 11.8 Å². The van der Waals surface area contributed by atoms with Gasteiger partial charge in [-0.3, -0.25) is 19.9 Å². The number of H-pyrrole nitrogens is 1. The van der Waals surface area contributed by atoms with Gasteiger partial charge < -0.3 is 4.90 Å². The van der Waals surface area contributed by atoms with Gasteiger partial charge in [-0.15, -0.1) is 0 Å². The fourth-order valence-electron chi connectivity index (χ4n) is 3.57. The molecule has 6 nitrogen and oxygen atoms in total. The molecule has 0 saturated carbocycles. The average Bonchev–Trinajstić information content (AvgIpc) is 3.17. The zero-order valence-corrected chi connectivity index (χ0v) is 14.5. The van der Waals surface area contributed by atoms with E-state index in [4.69, 9.17) is 0 Å². The van der Waals surface area contributed by atoms with Crippen LogP contribution in [-0.4, -0.2) is 31.0 Å². The van der Waals surface area contributed by atoms with Crippen molar-refractivity contribution < 1.29 is 4.79 Å². The molecule has 1 atom stereocenters. The predicted molar refractivity (Wildman–Crippen MR) is 97.0 cm³/mol. The highest BCUT2D eigenvalue weighted by Crippen LogP contribution is 2.32. The number of nitrogens with zero attached hydrogens (tertiary/aromatic N) is 4. The van der Waals surface area contributed by atoms with E-state index in [1.54, 1.807) is 18.6 Å². The lowest BCUT2D eigenvalue weighted by Gasteiger charge is -2.29. The van der Waals surface area contributed by atoms with Gasteiger partial charge in [-0.1, -0.05) is 6.07 Å². The molecule has 1 unspecified atom stereocenters. The van der Waals surface area contributed by atoms with Crippen molar-refractivity contribution >= 4 is 5.91 Å². The van der Waals surface area contributed by atoms with Crippen LogP contribution in [0.15, 0.2) is 55.2 Å². The first-order valence-corrected chi connectivity index (χ1v) is 8.90. The summed E-state index contributed by atoms with van der Waals surface area (Å²) in [4.78, 5) is 23.6. The number of fused-ring (bicyclic) bond motifs is 1. The van der Waals surface area contributed by atoms with E-state index < -0.39 is 0 Å². The number of aryl methyl sites for hydroxylation is 1. The third-order valence-electron chi connectivity index (χ3n) is 4.88. The summed E-state index contributed by atoms with van der Waals surface area (Å²) in [6.07, 6.45) is 11.7. The van der Waals surface area contributed by atoms with Crippen molar-refractivity contribution in [2.75, 3.05) is 0 Å². The van der Waals surface area contributed by atoms with Gasteiger partial charge in [-0.25, -0.2) is 0 Å². The van der Waals surface area contributed by atoms with Crippen molar-refractivity contribution in [2.24, 2.45) is 0 Å². The summed E-state index contributed by atoms with van der Waals surface area (Å²) < 4.78 is 0. The fraction of sp³-hybridized carbons (Fsp3) is 0.300. The summed E-state index contributed by atoms with van der Waals surface area (Å²) in [5.74, 6) is 0.0176. The highest BCUT2D eigenvalue weighted by atomic mass is 16.2. The molecule has 1 amide bonds. The first-order valence-electron chi connectivity index (χ1n) is 8.90. The second-order valence-electron chi connectivity index (χ2n) is 6.66. The third kappa shape index (κ3) is 3.49. The molecule has 1 aliphatic carbocycles. The number of aromatic amines is 1. The number of rotatable bonds is 5. The molecule has 0 saturated heterocycles. The molecule has 4 rings (SSSR count). The van der Waals surface area contributed by atoms with E-state index >= 15 is 0 Å². The molecule has 1 aliphatic rings. The summed E-state index contributed by atoms with van der Waals surface area (Å²) in [5.41, 5.74) is 4.24. The molecule has 3 heterocycles. The van der Waals surface area contributed by atoms with Crippen LogP contribution in [0.2, 0.25) is 0 Å². The van der Waals surface area contributed by atoms with Gasteiger partial charge in [0.2, 0.25) is 5.91 Å². The molecule has 0 bridgehead atoms. The van der Waals surface area contributed by atoms with Gasteiger partial charge in [-0.2, -0.15) is 5.10 Å². The molecule has 0 radical (unpaired) electrons. The molecule has 6 heteroatoms. The zero-order chi connectivity index (χ0) is 17.8. The van der Waals surface area contributed by atoms with Crippen LogP contribution in [0.1, 0.15) is 41.1 Å². The lowest BCUT2D eigenvalue weighted by atomic mass is 9.86. The molecule has 0 aromatic carbocycles. The van der Waals surface area contributed by atoms with Crippen molar-refractivity contribution in [3.05, 3.63) is 77.6 Å². The Kier molecular flexibility index (Phi) is 4.73. The van der Waals surface area contributed by atoms with Gasteiger partial charge in [0.25, 0.3) is 0 Å². The van der Waals surface area contributed by atoms with Crippen LogP contribution in [0.25, 0.3) is 0 Å². The lowest BCUT2D eigenvalue weighted by molar-refractivity contribution is -0.134. The Morgan fingerprint density at radius 3 is 2.73 bits per heavy atom. The Bertz CT molecular complexity index is 821. The number of nitrogens with one attached hydrogen (secondary N) is 1. The quantitative estimate of drug-likeness (QED) is 0.770. The van der Waals surface area contributed by atoms with Crippen molar-refractivity contribution in [3.8, 4) is 0 Å². The molecule has 1 N–H and O–H groups in total. The maximum atomic E-state index is 13.4. The smallest absolute Gasteiger partial charge is 0.230 e. The summed E-state index contributed by atoms with van der Waals surface area (Å²) in [6.45, 7) is 1.10. The van der Waals surface area contributed by atoms with Gasteiger partial charge in [0.1, 0.15) is 0 Å². The highest BCUT2D eigenvalue weighted by molar-refractivity contribution is 5.84. The van der Waals surface area contributed by atoms with E-state index in [0.29, 0.717) is 13.1 Å². The first-order chi connectivity index (χ1) is 12.8. The molecule has 26 heavy (non-hydrogen) atoms. The molecule has 3 aromatic heterocycles. The van der Waals surface area contributed by atoms with Gasteiger partial charge >= 0.3 is 0 Å². The number of hydrogen-bond acceptors (Lipinski definition) is 4. The van der Waals surface area contributed by atoms with Gasteiger partial charge in [0.15, 0.2) is 0 Å². The largest absolute Gasteiger partial charge is 0.333 e. The number of amides is 1. The predicted octanol–water partition coefficient (Wildman–Crippen LogP) is 2.85. The Morgan fingerprint density at radius 1 is 1.08 bits per heavy atom. The summed E-state index contributed by atoms with van der Waals surface area (Å²) >= 11 is 0. The topological polar surface area (TPSA) is 74.8 Å². The Labute approximate surface area is 152 Å². The number of pyridine rings is 2. The van der Waals surface area contributed by atoms with E-state index in [0.717, 1.165) is 41.6 Å². The number of aromatic nitrogens is 4. The molecule has 0 aliphatic heterocycles. The van der Waals surface area contributed by atoms with Crippen molar-refractivity contribution in [1.29, 1.82) is 0 Å². The van der Waals surface area contributed by atoms with Crippen LogP contribution < -0.4 is 0 Å². The van der Waals surface area contributed by atoms with Crippen LogP contribution >= 0.6 is 0 Å². The molecular formula is C20H21N5O. The maximum absolute atomic E-state index is 13.4. The summed E-state index contributed by atoms with van der Waals surface area (Å²) in [7, 11) is 0. The molecule has 0 spiro atoms. The standard InChI is InChI=1S/C20H21N5O/c26-20(17-4-1-5-19-18(17)12-23-24-19)25(13-15-6-9-21-10-7-15)14-16-3-2-8-22-11-16/h2-3,6-12,17H,1,4-5,13-14H2,(H,23,24). The molecule has 3 aromatic rings.